The number of benzene rings is 1. The van der Waals surface area contributed by atoms with Gasteiger partial charge < -0.3 is 11.1 Å². The van der Waals surface area contributed by atoms with E-state index in [0.29, 0.717) is 18.0 Å². The number of rotatable bonds is 3. The Bertz CT molecular complexity index is 402. The van der Waals surface area contributed by atoms with Crippen molar-refractivity contribution in [1.82, 2.24) is 0 Å². The Morgan fingerprint density at radius 2 is 2.25 bits per heavy atom. The fourth-order valence-corrected chi connectivity index (χ4v) is 2.14. The van der Waals surface area contributed by atoms with Crippen LogP contribution in [0.15, 0.2) is 22.7 Å². The average Bonchev–Trinajstić information content (AvgIpc) is 2.18. The zero-order valence-corrected chi connectivity index (χ0v) is 10.6. The summed E-state index contributed by atoms with van der Waals surface area (Å²) in [6.45, 7) is 0. The fraction of sp³-hybridized carbons (Fsp3) is 0.417. The van der Waals surface area contributed by atoms with Crippen molar-refractivity contribution in [2.24, 2.45) is 5.92 Å². The van der Waals surface area contributed by atoms with Gasteiger partial charge in [-0.25, -0.2) is 0 Å². The lowest BCUT2D eigenvalue weighted by Crippen LogP contribution is -2.21. The Balaban J connectivity index is 1.96. The van der Waals surface area contributed by atoms with E-state index in [1.165, 1.54) is 19.3 Å². The minimum absolute atomic E-state index is 0.0796. The zero-order chi connectivity index (χ0) is 11.5. The van der Waals surface area contributed by atoms with E-state index in [1.807, 2.05) is 6.07 Å². The quantitative estimate of drug-likeness (QED) is 0.837. The van der Waals surface area contributed by atoms with Crippen molar-refractivity contribution in [3.63, 3.8) is 0 Å². The molecule has 1 aliphatic carbocycles. The Kier molecular flexibility index (Phi) is 3.49. The highest BCUT2D eigenvalue weighted by Gasteiger charge is 2.20. The molecule has 0 spiro atoms. The summed E-state index contributed by atoms with van der Waals surface area (Å²) in [6.07, 6.45) is 4.26. The highest BCUT2D eigenvalue weighted by molar-refractivity contribution is 9.10. The van der Waals surface area contributed by atoms with Crippen LogP contribution in [0.1, 0.15) is 25.7 Å². The molecule has 0 heterocycles. The summed E-state index contributed by atoms with van der Waals surface area (Å²) >= 11 is 3.39. The molecule has 0 bridgehead atoms. The molecule has 3 N–H and O–H groups in total. The van der Waals surface area contributed by atoms with E-state index in [2.05, 4.69) is 21.2 Å². The van der Waals surface area contributed by atoms with Crippen LogP contribution in [0.4, 0.5) is 11.4 Å². The first-order valence-corrected chi connectivity index (χ1v) is 6.29. The van der Waals surface area contributed by atoms with Crippen LogP contribution in [0.25, 0.3) is 0 Å². The molecule has 16 heavy (non-hydrogen) atoms. The summed E-state index contributed by atoms with van der Waals surface area (Å²) in [5.74, 6) is 0.663. The Morgan fingerprint density at radius 3 is 2.88 bits per heavy atom. The summed E-state index contributed by atoms with van der Waals surface area (Å²) in [6, 6.07) is 5.41. The number of hydrogen-bond acceptors (Lipinski definition) is 2. The molecule has 2 rings (SSSR count). The number of nitrogens with one attached hydrogen (secondary N) is 1. The molecule has 3 nitrogen and oxygen atoms in total. The molecule has 1 saturated carbocycles. The molecular weight excluding hydrogens is 268 g/mol. The maximum Gasteiger partial charge on any atom is 0.224 e. The van der Waals surface area contributed by atoms with Crippen LogP contribution >= 0.6 is 15.9 Å². The van der Waals surface area contributed by atoms with Crippen LogP contribution in [0.2, 0.25) is 0 Å². The van der Waals surface area contributed by atoms with E-state index in [4.69, 9.17) is 5.73 Å². The van der Waals surface area contributed by atoms with Crippen LogP contribution in [-0.2, 0) is 4.79 Å². The minimum atomic E-state index is 0.0796. The molecule has 4 heteroatoms. The van der Waals surface area contributed by atoms with Crippen LogP contribution in [0, 0.1) is 5.92 Å². The SMILES string of the molecule is Nc1ccc(Br)c(NC(=O)CC2CCC2)c1. The highest BCUT2D eigenvalue weighted by Crippen LogP contribution is 2.30. The number of anilines is 2. The average molecular weight is 283 g/mol. The second-order valence-electron chi connectivity index (χ2n) is 4.29. The number of nitrogen functional groups attached to an aromatic ring is 1. The molecule has 1 amide bonds. The normalized spacial score (nSPS) is 15.6. The van der Waals surface area contributed by atoms with Gasteiger partial charge in [0, 0.05) is 16.6 Å². The number of halogens is 1. The second kappa shape index (κ2) is 4.87. The molecule has 1 aliphatic rings. The van der Waals surface area contributed by atoms with Crippen molar-refractivity contribution in [1.29, 1.82) is 0 Å². The van der Waals surface area contributed by atoms with Gasteiger partial charge in [-0.2, -0.15) is 0 Å². The summed E-state index contributed by atoms with van der Waals surface area (Å²) in [4.78, 5) is 11.7. The molecule has 86 valence electrons. The monoisotopic (exact) mass is 282 g/mol. The van der Waals surface area contributed by atoms with Gasteiger partial charge in [-0.05, 0) is 52.9 Å². The van der Waals surface area contributed by atoms with Crippen molar-refractivity contribution >= 4 is 33.2 Å². The lowest BCUT2D eigenvalue weighted by Gasteiger charge is -2.24. The van der Waals surface area contributed by atoms with Gasteiger partial charge in [0.25, 0.3) is 0 Å². The lowest BCUT2D eigenvalue weighted by molar-refractivity contribution is -0.117. The minimum Gasteiger partial charge on any atom is -0.399 e. The molecule has 0 unspecified atom stereocenters. The van der Waals surface area contributed by atoms with E-state index < -0.39 is 0 Å². The van der Waals surface area contributed by atoms with Crippen molar-refractivity contribution < 1.29 is 4.79 Å². The van der Waals surface area contributed by atoms with Crippen molar-refractivity contribution in [2.45, 2.75) is 25.7 Å². The smallest absolute Gasteiger partial charge is 0.224 e. The van der Waals surface area contributed by atoms with E-state index in [9.17, 15) is 4.79 Å². The van der Waals surface area contributed by atoms with Gasteiger partial charge >= 0.3 is 0 Å². The largest absolute Gasteiger partial charge is 0.399 e. The molecule has 1 aromatic rings. The number of carbonyl (C=O) groups excluding carboxylic acids is 1. The topological polar surface area (TPSA) is 55.1 Å². The van der Waals surface area contributed by atoms with Crippen molar-refractivity contribution in [3.8, 4) is 0 Å². The molecule has 0 saturated heterocycles. The maximum atomic E-state index is 11.7. The number of nitrogens with two attached hydrogens (primary N) is 1. The second-order valence-corrected chi connectivity index (χ2v) is 5.14. The third kappa shape index (κ3) is 2.76. The van der Waals surface area contributed by atoms with E-state index in [-0.39, 0.29) is 5.91 Å². The third-order valence-corrected chi connectivity index (χ3v) is 3.65. The van der Waals surface area contributed by atoms with Gasteiger partial charge in [0.05, 0.1) is 5.69 Å². The molecule has 0 radical (unpaired) electrons. The van der Waals surface area contributed by atoms with Crippen LogP contribution in [0.3, 0.4) is 0 Å². The molecule has 1 aromatic carbocycles. The standard InChI is InChI=1S/C12H15BrN2O/c13-10-5-4-9(14)7-11(10)15-12(16)6-8-2-1-3-8/h4-5,7-8H,1-3,6,14H2,(H,15,16). The van der Waals surface area contributed by atoms with Crippen molar-refractivity contribution in [3.05, 3.63) is 22.7 Å². The Hall–Kier alpha value is -1.03. The number of amides is 1. The van der Waals surface area contributed by atoms with Gasteiger partial charge in [-0.1, -0.05) is 6.42 Å². The number of hydrogen-bond donors (Lipinski definition) is 2. The predicted molar refractivity (Wildman–Crippen MR) is 69.1 cm³/mol. The van der Waals surface area contributed by atoms with E-state index in [1.54, 1.807) is 12.1 Å². The van der Waals surface area contributed by atoms with Gasteiger partial charge in [-0.15, -0.1) is 0 Å². The number of carbonyl (C=O) groups is 1. The molecular formula is C12H15BrN2O. The van der Waals surface area contributed by atoms with Gasteiger partial charge in [-0.3, -0.25) is 4.79 Å². The zero-order valence-electron chi connectivity index (χ0n) is 9.00. The van der Waals surface area contributed by atoms with Crippen LogP contribution < -0.4 is 11.1 Å². The first-order chi connectivity index (χ1) is 7.65. The first kappa shape index (κ1) is 11.5. The molecule has 0 aliphatic heterocycles. The van der Waals surface area contributed by atoms with Crippen molar-refractivity contribution in [2.75, 3.05) is 11.1 Å². The summed E-state index contributed by atoms with van der Waals surface area (Å²) < 4.78 is 0.864. The van der Waals surface area contributed by atoms with E-state index >= 15 is 0 Å². The third-order valence-electron chi connectivity index (χ3n) is 2.96. The van der Waals surface area contributed by atoms with Crippen LogP contribution in [0.5, 0.6) is 0 Å². The first-order valence-electron chi connectivity index (χ1n) is 5.50. The fourth-order valence-electron chi connectivity index (χ4n) is 1.80. The summed E-state index contributed by atoms with van der Waals surface area (Å²) in [7, 11) is 0. The molecule has 1 fully saturated rings. The summed E-state index contributed by atoms with van der Waals surface area (Å²) in [5, 5.41) is 2.88. The highest BCUT2D eigenvalue weighted by atomic mass is 79.9. The van der Waals surface area contributed by atoms with Crippen LogP contribution in [-0.4, -0.2) is 5.91 Å². The predicted octanol–water partition coefficient (Wildman–Crippen LogP) is 3.16. The lowest BCUT2D eigenvalue weighted by atomic mass is 9.83. The summed E-state index contributed by atoms with van der Waals surface area (Å²) in [5.41, 5.74) is 7.08. The van der Waals surface area contributed by atoms with Gasteiger partial charge in [0.15, 0.2) is 0 Å². The molecule has 0 aromatic heterocycles. The maximum absolute atomic E-state index is 11.7. The molecule has 0 atom stereocenters. The Labute approximate surface area is 104 Å². The van der Waals surface area contributed by atoms with E-state index in [0.717, 1.165) is 10.2 Å². The van der Waals surface area contributed by atoms with Gasteiger partial charge in [0.1, 0.15) is 0 Å². The van der Waals surface area contributed by atoms with Gasteiger partial charge in [0.2, 0.25) is 5.91 Å². The Morgan fingerprint density at radius 1 is 1.50 bits per heavy atom.